The van der Waals surface area contributed by atoms with E-state index in [0.717, 1.165) is 26.2 Å². The largest absolute Gasteiger partial charge is 0.367 e. The number of likely N-dealkylation sites (N-methyl/N-ethyl adjacent to an activating group) is 1. The van der Waals surface area contributed by atoms with Crippen molar-refractivity contribution in [2.24, 2.45) is 4.99 Å². The molecule has 0 unspecified atom stereocenters. The fourth-order valence-electron chi connectivity index (χ4n) is 1.92. The highest BCUT2D eigenvalue weighted by Gasteiger charge is 2.17. The van der Waals surface area contributed by atoms with Crippen molar-refractivity contribution in [2.75, 3.05) is 38.1 Å². The number of anilines is 1. The molecule has 0 bridgehead atoms. The first kappa shape index (κ1) is 14.8. The standard InChI is InChI=1S/C12H14FN3S.CH4/c1-15-4-6-16(7-5-15)12-3-2-10(14-9-17)8-11(12)13;/h2-3,8H,4-7H2,1H3;1H4. The van der Waals surface area contributed by atoms with Gasteiger partial charge in [-0.1, -0.05) is 7.43 Å². The molecule has 1 aliphatic heterocycles. The lowest BCUT2D eigenvalue weighted by Gasteiger charge is -2.34. The third kappa shape index (κ3) is 3.35. The topological polar surface area (TPSA) is 18.8 Å². The van der Waals surface area contributed by atoms with Crippen molar-refractivity contribution in [3.63, 3.8) is 0 Å². The number of benzene rings is 1. The molecule has 1 aromatic carbocycles. The predicted octanol–water partition coefficient (Wildman–Crippen LogP) is 2.95. The van der Waals surface area contributed by atoms with Gasteiger partial charge in [-0.15, -0.1) is 0 Å². The number of thiocarbonyl (C=S) groups is 1. The first-order chi connectivity index (χ1) is 8.20. The van der Waals surface area contributed by atoms with Crippen LogP contribution in [-0.4, -0.2) is 43.3 Å². The molecule has 1 saturated heterocycles. The maximum absolute atomic E-state index is 13.9. The molecule has 2 rings (SSSR count). The van der Waals surface area contributed by atoms with E-state index in [1.165, 1.54) is 6.07 Å². The molecule has 0 atom stereocenters. The molecule has 0 spiro atoms. The number of isothiocyanates is 1. The van der Waals surface area contributed by atoms with Crippen LogP contribution in [0.15, 0.2) is 23.2 Å². The lowest BCUT2D eigenvalue weighted by atomic mass is 10.2. The summed E-state index contributed by atoms with van der Waals surface area (Å²) in [4.78, 5) is 8.06. The fourth-order valence-corrected chi connectivity index (χ4v) is 2.03. The van der Waals surface area contributed by atoms with Crippen molar-refractivity contribution in [3.05, 3.63) is 24.0 Å². The van der Waals surface area contributed by atoms with E-state index < -0.39 is 0 Å². The third-order valence-corrected chi connectivity index (χ3v) is 3.04. The summed E-state index contributed by atoms with van der Waals surface area (Å²) >= 11 is 4.49. The fraction of sp³-hybridized carbons (Fsp3) is 0.462. The predicted molar refractivity (Wildman–Crippen MR) is 77.5 cm³/mol. The summed E-state index contributed by atoms with van der Waals surface area (Å²) in [6.07, 6.45) is 0. The molecule has 0 aliphatic carbocycles. The molecule has 0 radical (unpaired) electrons. The second-order valence-electron chi connectivity index (χ2n) is 4.13. The number of rotatable bonds is 2. The van der Waals surface area contributed by atoms with Crippen LogP contribution in [0.1, 0.15) is 7.43 Å². The van der Waals surface area contributed by atoms with Crippen LogP contribution < -0.4 is 4.90 Å². The van der Waals surface area contributed by atoms with Crippen LogP contribution in [0.4, 0.5) is 15.8 Å². The molecular weight excluding hydrogens is 249 g/mol. The van der Waals surface area contributed by atoms with Crippen LogP contribution in [0.25, 0.3) is 0 Å². The van der Waals surface area contributed by atoms with Crippen LogP contribution in [0, 0.1) is 5.82 Å². The summed E-state index contributed by atoms with van der Waals surface area (Å²) in [5, 5.41) is 2.24. The van der Waals surface area contributed by atoms with Gasteiger partial charge in [-0.25, -0.2) is 4.39 Å². The maximum Gasteiger partial charge on any atom is 0.148 e. The van der Waals surface area contributed by atoms with Gasteiger partial charge in [-0.05, 0) is 31.4 Å². The molecule has 0 saturated carbocycles. The average molecular weight is 267 g/mol. The quantitative estimate of drug-likeness (QED) is 0.606. The molecule has 98 valence electrons. The molecule has 0 N–H and O–H groups in total. The summed E-state index contributed by atoms with van der Waals surface area (Å²) in [7, 11) is 2.07. The summed E-state index contributed by atoms with van der Waals surface area (Å²) in [5.74, 6) is -0.249. The van der Waals surface area contributed by atoms with Gasteiger partial charge < -0.3 is 9.80 Å². The van der Waals surface area contributed by atoms with E-state index in [4.69, 9.17) is 0 Å². The van der Waals surface area contributed by atoms with Gasteiger partial charge in [-0.3, -0.25) is 0 Å². The number of hydrogen-bond donors (Lipinski definition) is 0. The van der Waals surface area contributed by atoms with E-state index in [2.05, 4.69) is 39.2 Å². The van der Waals surface area contributed by atoms with Crippen molar-refractivity contribution in [3.8, 4) is 0 Å². The highest BCUT2D eigenvalue weighted by molar-refractivity contribution is 7.78. The van der Waals surface area contributed by atoms with Crippen LogP contribution in [0.3, 0.4) is 0 Å². The van der Waals surface area contributed by atoms with Crippen LogP contribution >= 0.6 is 12.2 Å². The smallest absolute Gasteiger partial charge is 0.148 e. The Morgan fingerprint density at radius 1 is 1.28 bits per heavy atom. The second-order valence-corrected chi connectivity index (χ2v) is 4.31. The number of aliphatic imine (C=N–C) groups is 1. The summed E-state index contributed by atoms with van der Waals surface area (Å²) in [6.45, 7) is 3.62. The molecule has 3 nitrogen and oxygen atoms in total. The van der Waals surface area contributed by atoms with Crippen molar-refractivity contribution < 1.29 is 4.39 Å². The molecule has 0 amide bonds. The van der Waals surface area contributed by atoms with Crippen LogP contribution in [-0.2, 0) is 0 Å². The Balaban J connectivity index is 0.00000162. The highest BCUT2D eigenvalue weighted by Crippen LogP contribution is 2.24. The molecule has 1 aromatic rings. The first-order valence-electron chi connectivity index (χ1n) is 5.51. The molecule has 1 heterocycles. The highest BCUT2D eigenvalue weighted by atomic mass is 32.1. The van der Waals surface area contributed by atoms with Crippen molar-refractivity contribution in [2.45, 2.75) is 7.43 Å². The molecule has 1 aliphatic rings. The zero-order chi connectivity index (χ0) is 12.3. The van der Waals surface area contributed by atoms with Crippen molar-refractivity contribution in [1.29, 1.82) is 0 Å². The minimum atomic E-state index is -0.249. The molecule has 5 heteroatoms. The normalized spacial score (nSPS) is 15.8. The van der Waals surface area contributed by atoms with Gasteiger partial charge in [0, 0.05) is 32.2 Å². The Bertz CT molecular complexity index is 450. The molecular formula is C13H18FN3S. The number of piperazine rings is 1. The number of hydrogen-bond acceptors (Lipinski definition) is 4. The van der Waals surface area contributed by atoms with E-state index >= 15 is 0 Å². The van der Waals surface area contributed by atoms with Gasteiger partial charge >= 0.3 is 0 Å². The Morgan fingerprint density at radius 3 is 2.50 bits per heavy atom. The molecule has 18 heavy (non-hydrogen) atoms. The summed E-state index contributed by atoms with van der Waals surface area (Å²) in [5.41, 5.74) is 1.15. The first-order valence-corrected chi connectivity index (χ1v) is 5.92. The Kier molecular flexibility index (Phi) is 5.41. The van der Waals surface area contributed by atoms with Crippen molar-refractivity contribution >= 4 is 28.8 Å². The van der Waals surface area contributed by atoms with E-state index in [1.54, 1.807) is 12.1 Å². The number of nitrogens with zero attached hydrogens (tertiary/aromatic N) is 3. The van der Waals surface area contributed by atoms with Gasteiger partial charge in [-0.2, -0.15) is 4.99 Å². The third-order valence-electron chi connectivity index (χ3n) is 2.95. The van der Waals surface area contributed by atoms with E-state index in [0.29, 0.717) is 11.4 Å². The Labute approximate surface area is 113 Å². The van der Waals surface area contributed by atoms with Gasteiger partial charge in [0.2, 0.25) is 0 Å². The van der Waals surface area contributed by atoms with Crippen LogP contribution in [0.5, 0.6) is 0 Å². The van der Waals surface area contributed by atoms with Gasteiger partial charge in [0.15, 0.2) is 0 Å². The summed E-state index contributed by atoms with van der Waals surface area (Å²) in [6, 6.07) is 4.91. The SMILES string of the molecule is C.CN1CCN(c2ccc(N=C=S)cc2F)CC1. The minimum absolute atomic E-state index is 0. The van der Waals surface area contributed by atoms with Crippen molar-refractivity contribution in [1.82, 2.24) is 4.90 Å². The Morgan fingerprint density at radius 2 is 1.94 bits per heavy atom. The maximum atomic E-state index is 13.9. The second kappa shape index (κ2) is 6.59. The monoisotopic (exact) mass is 267 g/mol. The zero-order valence-corrected chi connectivity index (χ0v) is 10.5. The van der Waals surface area contributed by atoms with Gasteiger partial charge in [0.25, 0.3) is 0 Å². The zero-order valence-electron chi connectivity index (χ0n) is 9.69. The van der Waals surface area contributed by atoms with Crippen LogP contribution in [0.2, 0.25) is 0 Å². The van der Waals surface area contributed by atoms with E-state index in [9.17, 15) is 4.39 Å². The minimum Gasteiger partial charge on any atom is -0.367 e. The van der Waals surface area contributed by atoms with E-state index in [-0.39, 0.29) is 13.2 Å². The average Bonchev–Trinajstić information content (AvgIpc) is 2.31. The lowest BCUT2D eigenvalue weighted by molar-refractivity contribution is 0.311. The molecule has 0 aromatic heterocycles. The summed E-state index contributed by atoms with van der Waals surface area (Å²) < 4.78 is 13.9. The molecule has 1 fully saturated rings. The van der Waals surface area contributed by atoms with Gasteiger partial charge in [0.1, 0.15) is 5.82 Å². The Hall–Kier alpha value is -1.29. The van der Waals surface area contributed by atoms with Gasteiger partial charge in [0.05, 0.1) is 16.5 Å². The lowest BCUT2D eigenvalue weighted by Crippen LogP contribution is -2.44. The number of halogens is 1. The van der Waals surface area contributed by atoms with E-state index in [1.807, 2.05) is 0 Å².